The SMILES string of the molecule is Cc1cnn(Cc2nc3cnc4ccc(F)cc4c3n2[C@@H]2CCO[C@H](C)C2)c1. The number of benzene rings is 1. The normalized spacial score (nSPS) is 20.2. The van der Waals surface area contributed by atoms with E-state index in [2.05, 4.69) is 21.6 Å². The van der Waals surface area contributed by atoms with E-state index in [0.29, 0.717) is 13.2 Å². The first-order valence-corrected chi connectivity index (χ1v) is 9.64. The summed E-state index contributed by atoms with van der Waals surface area (Å²) in [6.45, 7) is 5.39. The van der Waals surface area contributed by atoms with Gasteiger partial charge in [0.05, 0.1) is 36.1 Å². The van der Waals surface area contributed by atoms with E-state index in [-0.39, 0.29) is 18.0 Å². The molecule has 0 amide bonds. The van der Waals surface area contributed by atoms with Crippen molar-refractivity contribution in [2.24, 2.45) is 0 Å². The third-order valence-corrected chi connectivity index (χ3v) is 5.44. The molecule has 3 aromatic heterocycles. The molecule has 1 aliphatic heterocycles. The lowest BCUT2D eigenvalue weighted by atomic mass is 10.0. The number of nitrogens with zero attached hydrogens (tertiary/aromatic N) is 5. The highest BCUT2D eigenvalue weighted by molar-refractivity contribution is 6.02. The maximum absolute atomic E-state index is 14.1. The van der Waals surface area contributed by atoms with E-state index in [0.717, 1.165) is 46.2 Å². The Labute approximate surface area is 162 Å². The first kappa shape index (κ1) is 17.3. The van der Waals surface area contributed by atoms with E-state index in [1.807, 2.05) is 24.0 Å². The summed E-state index contributed by atoms with van der Waals surface area (Å²) >= 11 is 0. The van der Waals surface area contributed by atoms with E-state index >= 15 is 0 Å². The highest BCUT2D eigenvalue weighted by atomic mass is 19.1. The van der Waals surface area contributed by atoms with E-state index in [1.54, 1.807) is 18.3 Å². The van der Waals surface area contributed by atoms with Crippen LogP contribution in [0.3, 0.4) is 0 Å². The lowest BCUT2D eigenvalue weighted by Crippen LogP contribution is -2.27. The lowest BCUT2D eigenvalue weighted by molar-refractivity contribution is 0.00619. The van der Waals surface area contributed by atoms with Crippen molar-refractivity contribution in [3.05, 3.63) is 54.0 Å². The minimum Gasteiger partial charge on any atom is -0.378 e. The Morgan fingerprint density at radius 1 is 1.25 bits per heavy atom. The number of aryl methyl sites for hydroxylation is 1. The molecule has 5 rings (SSSR count). The number of fused-ring (bicyclic) bond motifs is 3. The zero-order chi connectivity index (χ0) is 19.3. The molecule has 0 bridgehead atoms. The summed E-state index contributed by atoms with van der Waals surface area (Å²) < 4.78 is 24.0. The maximum atomic E-state index is 14.1. The predicted molar refractivity (Wildman–Crippen MR) is 105 cm³/mol. The molecule has 1 aliphatic rings. The molecule has 0 spiro atoms. The largest absolute Gasteiger partial charge is 0.378 e. The molecule has 1 aromatic carbocycles. The molecule has 0 radical (unpaired) electrons. The number of rotatable bonds is 3. The standard InChI is InChI=1S/C21H22FN5O/c1-13-9-24-26(11-13)12-20-25-19-10-23-18-4-3-15(22)8-17(18)21(19)27(20)16-5-6-28-14(2)7-16/h3-4,8-11,14,16H,5-7,12H2,1-2H3/t14-,16-/m1/s1. The van der Waals surface area contributed by atoms with Crippen molar-refractivity contribution in [3.63, 3.8) is 0 Å². The van der Waals surface area contributed by atoms with Gasteiger partial charge in [-0.1, -0.05) is 0 Å². The fourth-order valence-corrected chi connectivity index (χ4v) is 4.21. The molecule has 4 heterocycles. The van der Waals surface area contributed by atoms with E-state index in [1.165, 1.54) is 6.07 Å². The summed E-state index contributed by atoms with van der Waals surface area (Å²) in [5, 5.41) is 5.22. The van der Waals surface area contributed by atoms with Crippen LogP contribution in [0, 0.1) is 12.7 Å². The van der Waals surface area contributed by atoms with Gasteiger partial charge in [-0.15, -0.1) is 0 Å². The van der Waals surface area contributed by atoms with Crippen molar-refractivity contribution >= 4 is 21.9 Å². The predicted octanol–water partition coefficient (Wildman–Crippen LogP) is 4.02. The van der Waals surface area contributed by atoms with Crippen LogP contribution >= 0.6 is 0 Å². The smallest absolute Gasteiger partial charge is 0.132 e. The summed E-state index contributed by atoms with van der Waals surface area (Å²) in [7, 11) is 0. The second kappa shape index (κ2) is 6.67. The number of ether oxygens (including phenoxy) is 1. The average Bonchev–Trinajstić information content (AvgIpc) is 3.25. The van der Waals surface area contributed by atoms with Gasteiger partial charge in [-0.05, 0) is 50.5 Å². The number of aromatic nitrogens is 5. The first-order valence-electron chi connectivity index (χ1n) is 9.64. The third-order valence-electron chi connectivity index (χ3n) is 5.44. The molecule has 0 unspecified atom stereocenters. The summed E-state index contributed by atoms with van der Waals surface area (Å²) in [6, 6.07) is 4.98. The average molecular weight is 379 g/mol. The number of imidazole rings is 1. The molecule has 144 valence electrons. The molecular weight excluding hydrogens is 357 g/mol. The molecule has 0 saturated carbocycles. The highest BCUT2D eigenvalue weighted by Gasteiger charge is 2.26. The van der Waals surface area contributed by atoms with Crippen molar-refractivity contribution < 1.29 is 9.13 Å². The Balaban J connectivity index is 1.74. The molecule has 7 heteroatoms. The van der Waals surface area contributed by atoms with E-state index < -0.39 is 0 Å². The summed E-state index contributed by atoms with van der Waals surface area (Å²) in [5.41, 5.74) is 3.62. The Morgan fingerprint density at radius 3 is 2.93 bits per heavy atom. The van der Waals surface area contributed by atoms with Crippen LogP contribution in [0.2, 0.25) is 0 Å². The molecule has 4 aromatic rings. The van der Waals surface area contributed by atoms with Gasteiger partial charge in [-0.2, -0.15) is 5.10 Å². The van der Waals surface area contributed by atoms with Crippen LogP contribution in [-0.2, 0) is 11.3 Å². The molecule has 6 nitrogen and oxygen atoms in total. The molecule has 2 atom stereocenters. The van der Waals surface area contributed by atoms with Crippen LogP contribution in [0.15, 0.2) is 36.8 Å². The van der Waals surface area contributed by atoms with Crippen LogP contribution in [0.4, 0.5) is 4.39 Å². The topological polar surface area (TPSA) is 57.8 Å². The van der Waals surface area contributed by atoms with Gasteiger partial charge in [0.25, 0.3) is 0 Å². The van der Waals surface area contributed by atoms with Gasteiger partial charge in [0.15, 0.2) is 0 Å². The van der Waals surface area contributed by atoms with Gasteiger partial charge >= 0.3 is 0 Å². The second-order valence-corrected chi connectivity index (χ2v) is 7.63. The lowest BCUT2D eigenvalue weighted by Gasteiger charge is -2.30. The fraction of sp³-hybridized carbons (Fsp3) is 0.381. The van der Waals surface area contributed by atoms with Crippen LogP contribution < -0.4 is 0 Å². The molecule has 28 heavy (non-hydrogen) atoms. The van der Waals surface area contributed by atoms with Crippen molar-refractivity contribution in [1.29, 1.82) is 0 Å². The van der Waals surface area contributed by atoms with Crippen LogP contribution in [0.1, 0.15) is 37.2 Å². The minimum absolute atomic E-state index is 0.181. The Morgan fingerprint density at radius 2 is 2.14 bits per heavy atom. The van der Waals surface area contributed by atoms with Gasteiger partial charge in [-0.3, -0.25) is 9.67 Å². The van der Waals surface area contributed by atoms with Crippen LogP contribution in [0.5, 0.6) is 0 Å². The fourth-order valence-electron chi connectivity index (χ4n) is 4.21. The third kappa shape index (κ3) is 2.96. The zero-order valence-electron chi connectivity index (χ0n) is 16.0. The maximum Gasteiger partial charge on any atom is 0.132 e. The molecular formula is C21H22FN5O. The van der Waals surface area contributed by atoms with E-state index in [9.17, 15) is 4.39 Å². The summed E-state index contributed by atoms with van der Waals surface area (Å²) in [6.07, 6.45) is 7.62. The van der Waals surface area contributed by atoms with Gasteiger partial charge in [-0.25, -0.2) is 9.37 Å². The zero-order valence-corrected chi connectivity index (χ0v) is 16.0. The molecule has 1 fully saturated rings. The van der Waals surface area contributed by atoms with E-state index in [4.69, 9.17) is 9.72 Å². The van der Waals surface area contributed by atoms with Gasteiger partial charge in [0.2, 0.25) is 0 Å². The minimum atomic E-state index is -0.265. The number of hydrogen-bond acceptors (Lipinski definition) is 4. The molecule has 0 N–H and O–H groups in total. The van der Waals surface area contributed by atoms with Crippen molar-refractivity contribution in [2.45, 2.75) is 45.4 Å². The van der Waals surface area contributed by atoms with Crippen molar-refractivity contribution in [2.75, 3.05) is 6.61 Å². The number of pyridine rings is 1. The van der Waals surface area contributed by atoms with Gasteiger partial charge < -0.3 is 9.30 Å². The van der Waals surface area contributed by atoms with Gasteiger partial charge in [0, 0.05) is 24.2 Å². The summed E-state index contributed by atoms with van der Waals surface area (Å²) in [4.78, 5) is 9.36. The Bertz CT molecular complexity index is 1160. The Hall–Kier alpha value is -2.80. The monoisotopic (exact) mass is 379 g/mol. The van der Waals surface area contributed by atoms with Gasteiger partial charge in [0.1, 0.15) is 17.2 Å². The number of halogens is 1. The molecule has 0 aliphatic carbocycles. The summed E-state index contributed by atoms with van der Waals surface area (Å²) in [5.74, 6) is 0.648. The number of hydrogen-bond donors (Lipinski definition) is 0. The van der Waals surface area contributed by atoms with Crippen molar-refractivity contribution in [1.82, 2.24) is 24.3 Å². The van der Waals surface area contributed by atoms with Crippen LogP contribution in [-0.4, -0.2) is 37.0 Å². The van der Waals surface area contributed by atoms with Crippen LogP contribution in [0.25, 0.3) is 21.9 Å². The quantitative estimate of drug-likeness (QED) is 0.540. The second-order valence-electron chi connectivity index (χ2n) is 7.63. The van der Waals surface area contributed by atoms with Crippen molar-refractivity contribution in [3.8, 4) is 0 Å². The first-order chi connectivity index (χ1) is 13.6. The Kier molecular flexibility index (Phi) is 4.12. The molecule has 1 saturated heterocycles. The highest BCUT2D eigenvalue weighted by Crippen LogP contribution is 2.34.